The molecule has 4 aromatic rings. The lowest BCUT2D eigenvalue weighted by atomic mass is 9.71. The third-order valence-electron chi connectivity index (χ3n) is 6.65. The fourth-order valence-electron chi connectivity index (χ4n) is 4.59. The monoisotopic (exact) mass is 570 g/mol. The topological polar surface area (TPSA) is 41.8 Å². The van der Waals surface area contributed by atoms with Crippen LogP contribution in [0.4, 0.5) is 5.69 Å². The summed E-state index contributed by atoms with van der Waals surface area (Å²) in [5.74, 6) is 0.100. The predicted molar refractivity (Wildman–Crippen MR) is 168 cm³/mol. The van der Waals surface area contributed by atoms with Gasteiger partial charge in [0.1, 0.15) is 5.70 Å². The normalized spacial score (nSPS) is 14.7. The van der Waals surface area contributed by atoms with Gasteiger partial charge in [-0.05, 0) is 58.7 Å². The molecule has 0 saturated carbocycles. The van der Waals surface area contributed by atoms with Crippen molar-refractivity contribution in [3.8, 4) is 9.75 Å². The van der Waals surface area contributed by atoms with E-state index >= 15 is 0 Å². The number of allylic oxidation sites excluding steroid dienone is 5. The lowest BCUT2D eigenvalue weighted by Crippen LogP contribution is -2.28. The number of nitrogens with zero attached hydrogens (tertiary/aromatic N) is 2. The first kappa shape index (κ1) is 27.4. The van der Waals surface area contributed by atoms with Gasteiger partial charge < -0.3 is 0 Å². The summed E-state index contributed by atoms with van der Waals surface area (Å²) >= 11 is 9.57. The van der Waals surface area contributed by atoms with Crippen molar-refractivity contribution in [3.63, 3.8) is 0 Å². The van der Waals surface area contributed by atoms with Crippen molar-refractivity contribution in [2.24, 2.45) is 21.1 Å². The van der Waals surface area contributed by atoms with Crippen molar-refractivity contribution in [2.45, 2.75) is 41.5 Å². The molecule has 39 heavy (non-hydrogen) atoms. The van der Waals surface area contributed by atoms with E-state index < -0.39 is 0 Å². The fraction of sp³-hybridized carbons (Fsp3) is 0.242. The molecule has 5 rings (SSSR count). The predicted octanol–water partition coefficient (Wildman–Crippen LogP) is 11.3. The summed E-state index contributed by atoms with van der Waals surface area (Å²) in [6.45, 7) is 12.5. The van der Waals surface area contributed by atoms with Crippen LogP contribution < -0.4 is 0 Å². The van der Waals surface area contributed by atoms with Crippen molar-refractivity contribution in [1.29, 1.82) is 0 Å². The van der Waals surface area contributed by atoms with E-state index in [9.17, 15) is 4.79 Å². The average Bonchev–Trinajstić information content (AvgIpc) is 3.53. The first-order valence-electron chi connectivity index (χ1n) is 12.9. The maximum atomic E-state index is 13.7. The van der Waals surface area contributed by atoms with E-state index in [2.05, 4.69) is 88.4 Å². The Labute approximate surface area is 243 Å². The first-order valence-corrected chi connectivity index (χ1v) is 15.0. The highest BCUT2D eigenvalue weighted by atomic mass is 35.5. The molecule has 2 aromatic carbocycles. The molecular formula is C33H31ClN2OS2. The largest absolute Gasteiger partial charge is 0.289 e. The number of fused-ring (bicyclic) bond motifs is 1. The molecule has 0 radical (unpaired) electrons. The zero-order valence-electron chi connectivity index (χ0n) is 23.0. The quantitative estimate of drug-likeness (QED) is 0.225. The summed E-state index contributed by atoms with van der Waals surface area (Å²) in [4.78, 5) is 17.1. The van der Waals surface area contributed by atoms with Gasteiger partial charge in [-0.25, -0.2) is 0 Å². The Balaban J connectivity index is 1.84. The number of halogens is 1. The van der Waals surface area contributed by atoms with Gasteiger partial charge in [-0.3, -0.25) is 4.79 Å². The van der Waals surface area contributed by atoms with Crippen LogP contribution in [0.3, 0.4) is 0 Å². The molecule has 6 heteroatoms. The Morgan fingerprint density at radius 2 is 1.41 bits per heavy atom. The molecule has 2 heterocycles. The molecule has 198 valence electrons. The third kappa shape index (κ3) is 5.62. The molecule has 0 unspecified atom stereocenters. The van der Waals surface area contributed by atoms with Gasteiger partial charge >= 0.3 is 0 Å². The van der Waals surface area contributed by atoms with Crippen molar-refractivity contribution in [1.82, 2.24) is 0 Å². The lowest BCUT2D eigenvalue weighted by molar-refractivity contribution is -0.114. The van der Waals surface area contributed by atoms with Crippen LogP contribution in [0.2, 0.25) is 5.02 Å². The Hall–Kier alpha value is -3.12. The molecule has 1 aliphatic carbocycles. The number of benzene rings is 2. The summed E-state index contributed by atoms with van der Waals surface area (Å²) in [6, 6.07) is 20.0. The second-order valence-corrected chi connectivity index (χ2v) is 14.1. The lowest BCUT2D eigenvalue weighted by Gasteiger charge is -2.31. The molecular weight excluding hydrogens is 540 g/mol. The summed E-state index contributed by atoms with van der Waals surface area (Å²) in [6.07, 6.45) is 4.04. The first-order chi connectivity index (χ1) is 18.4. The Morgan fingerprint density at radius 3 is 1.97 bits per heavy atom. The molecule has 0 bridgehead atoms. The Kier molecular flexibility index (Phi) is 7.36. The Morgan fingerprint density at radius 1 is 0.795 bits per heavy atom. The van der Waals surface area contributed by atoms with Crippen molar-refractivity contribution >= 4 is 62.2 Å². The summed E-state index contributed by atoms with van der Waals surface area (Å²) < 4.78 is 0. The van der Waals surface area contributed by atoms with Crippen LogP contribution in [0.1, 0.15) is 46.4 Å². The third-order valence-corrected chi connectivity index (χ3v) is 9.18. The number of azo groups is 1. The van der Waals surface area contributed by atoms with Crippen LogP contribution in [0.5, 0.6) is 0 Å². The molecule has 0 N–H and O–H groups in total. The number of thiophene rings is 2. The summed E-state index contributed by atoms with van der Waals surface area (Å²) in [7, 11) is 0. The highest BCUT2D eigenvalue weighted by Crippen LogP contribution is 2.47. The summed E-state index contributed by atoms with van der Waals surface area (Å²) in [5, 5.41) is 14.6. The molecule has 0 atom stereocenters. The number of carbonyl (C=O) groups is 1. The van der Waals surface area contributed by atoms with Gasteiger partial charge in [0.15, 0.2) is 5.78 Å². The van der Waals surface area contributed by atoms with Crippen LogP contribution in [-0.2, 0) is 4.79 Å². The van der Waals surface area contributed by atoms with Gasteiger partial charge in [0, 0.05) is 37.4 Å². The minimum absolute atomic E-state index is 0.100. The maximum absolute atomic E-state index is 13.7. The molecule has 3 nitrogen and oxygen atoms in total. The van der Waals surface area contributed by atoms with Crippen molar-refractivity contribution in [3.05, 3.63) is 105 Å². The van der Waals surface area contributed by atoms with E-state index in [1.807, 2.05) is 36.4 Å². The van der Waals surface area contributed by atoms with E-state index in [1.165, 1.54) is 15.1 Å². The SMILES string of the molecule is CC(C)(C)C1=CC(=C(N=Nc2ccc(Cl)cc2)c2sc(-c3cccs3)c3ccccc23)C=C(C(C)(C)C)C1=O. The molecule has 2 aromatic heterocycles. The average molecular weight is 571 g/mol. The molecule has 0 fully saturated rings. The van der Waals surface area contributed by atoms with Gasteiger partial charge in [-0.1, -0.05) is 83.5 Å². The minimum Gasteiger partial charge on any atom is -0.289 e. The molecule has 0 saturated heterocycles. The number of hydrogen-bond donors (Lipinski definition) is 0. The number of rotatable bonds is 4. The van der Waals surface area contributed by atoms with E-state index in [4.69, 9.17) is 16.7 Å². The van der Waals surface area contributed by atoms with Gasteiger partial charge in [-0.2, -0.15) is 5.11 Å². The zero-order valence-corrected chi connectivity index (χ0v) is 25.4. The number of carbonyl (C=O) groups excluding carboxylic acids is 1. The molecule has 0 aliphatic heterocycles. The highest BCUT2D eigenvalue weighted by Gasteiger charge is 2.35. The standard InChI is InChI=1S/C33H31ClN2OS2/c1-32(2,3)25-18-20(19-26(29(25)37)33(4,5)6)28(36-35-22-15-13-21(34)14-16-22)31-24-11-8-7-10-23(24)30(39-31)27-12-9-17-38-27/h7-19H,1-6H3. The van der Waals surface area contributed by atoms with Gasteiger partial charge in [-0.15, -0.1) is 27.8 Å². The van der Waals surface area contributed by atoms with Gasteiger partial charge in [0.2, 0.25) is 0 Å². The number of Topliss-reactive ketones (excluding diaryl/α,β-unsaturated/α-hetero) is 1. The van der Waals surface area contributed by atoms with Gasteiger partial charge in [0.25, 0.3) is 0 Å². The van der Waals surface area contributed by atoms with Crippen LogP contribution in [0, 0.1) is 10.8 Å². The summed E-state index contributed by atoms with van der Waals surface area (Å²) in [5.41, 5.74) is 3.27. The van der Waals surface area contributed by atoms with Crippen LogP contribution in [0.25, 0.3) is 26.2 Å². The number of hydrogen-bond acceptors (Lipinski definition) is 5. The molecule has 0 amide bonds. The van der Waals surface area contributed by atoms with E-state index in [1.54, 1.807) is 22.7 Å². The smallest absolute Gasteiger partial charge is 0.186 e. The van der Waals surface area contributed by atoms with E-state index in [0.29, 0.717) is 10.7 Å². The molecule has 1 aliphatic rings. The zero-order chi connectivity index (χ0) is 27.9. The highest BCUT2D eigenvalue weighted by molar-refractivity contribution is 7.23. The van der Waals surface area contributed by atoms with Crippen LogP contribution >= 0.6 is 34.3 Å². The minimum atomic E-state index is -0.328. The van der Waals surface area contributed by atoms with Crippen LogP contribution in [0.15, 0.2) is 105 Å². The van der Waals surface area contributed by atoms with Crippen molar-refractivity contribution < 1.29 is 4.79 Å². The Bertz CT molecular complexity index is 1630. The van der Waals surface area contributed by atoms with Gasteiger partial charge in [0.05, 0.1) is 15.4 Å². The maximum Gasteiger partial charge on any atom is 0.186 e. The molecule has 0 spiro atoms. The number of ketones is 1. The van der Waals surface area contributed by atoms with E-state index in [0.717, 1.165) is 32.7 Å². The van der Waals surface area contributed by atoms with Crippen LogP contribution in [-0.4, -0.2) is 5.78 Å². The second kappa shape index (κ2) is 10.5. The van der Waals surface area contributed by atoms with E-state index in [-0.39, 0.29) is 16.6 Å². The fourth-order valence-corrected chi connectivity index (χ4v) is 6.86. The second-order valence-electron chi connectivity index (χ2n) is 11.7. The van der Waals surface area contributed by atoms with Crippen molar-refractivity contribution in [2.75, 3.05) is 0 Å².